The maximum atomic E-state index is 6.22. The minimum atomic E-state index is 0.185. The molecule has 0 radical (unpaired) electrons. The number of fused-ring (bicyclic) bond motifs is 1. The number of nitrogens with zero attached hydrogens (tertiary/aromatic N) is 4. The molecule has 6 rings (SSSR count). The number of hydrogen-bond acceptors (Lipinski definition) is 6. The largest absolute Gasteiger partial charge is 0.491 e. The van der Waals surface area contributed by atoms with E-state index in [0.717, 1.165) is 78.7 Å². The number of nitrogens with two attached hydrogens (primary N) is 1. The summed E-state index contributed by atoms with van der Waals surface area (Å²) >= 11 is 0. The van der Waals surface area contributed by atoms with Crippen molar-refractivity contribution in [3.63, 3.8) is 0 Å². The zero-order chi connectivity index (χ0) is 20.2. The van der Waals surface area contributed by atoms with Crippen molar-refractivity contribution in [1.29, 1.82) is 0 Å². The maximum Gasteiger partial charge on any atom is 0.292 e. The van der Waals surface area contributed by atoms with Gasteiger partial charge in [-0.2, -0.15) is 4.98 Å². The van der Waals surface area contributed by atoms with Crippen LogP contribution in [0.4, 0.5) is 11.7 Å². The van der Waals surface area contributed by atoms with Crippen molar-refractivity contribution < 1.29 is 9.15 Å². The van der Waals surface area contributed by atoms with E-state index in [1.807, 2.05) is 18.2 Å². The molecule has 30 heavy (non-hydrogen) atoms. The van der Waals surface area contributed by atoms with Crippen LogP contribution in [0.25, 0.3) is 33.5 Å². The smallest absolute Gasteiger partial charge is 0.292 e. The van der Waals surface area contributed by atoms with Gasteiger partial charge in [0.15, 0.2) is 5.58 Å². The quantitative estimate of drug-likeness (QED) is 0.533. The number of imidazole rings is 1. The molecule has 154 valence electrons. The number of aryl methyl sites for hydroxylation is 1. The Morgan fingerprint density at radius 3 is 2.87 bits per heavy atom. The third-order valence-electron chi connectivity index (χ3n) is 6.28. The second kappa shape index (κ2) is 6.65. The maximum absolute atomic E-state index is 6.22. The Labute approximate surface area is 174 Å². The second-order valence-electron chi connectivity index (χ2n) is 8.53. The second-order valence-corrected chi connectivity index (χ2v) is 8.53. The third kappa shape index (κ3) is 2.80. The number of rotatable bonds is 2. The topological polar surface area (TPSA) is 82.3 Å². The molecule has 0 bridgehead atoms. The first kappa shape index (κ1) is 17.6. The van der Waals surface area contributed by atoms with Crippen LogP contribution in [0.1, 0.15) is 26.2 Å². The Kier molecular flexibility index (Phi) is 3.91. The number of hydrogen-bond donors (Lipinski definition) is 1. The lowest BCUT2D eigenvalue weighted by Crippen LogP contribution is -2.19. The monoisotopic (exact) mass is 403 g/mol. The lowest BCUT2D eigenvalue weighted by molar-refractivity contribution is 0.299. The van der Waals surface area contributed by atoms with Crippen LogP contribution in [-0.2, 0) is 6.54 Å². The van der Waals surface area contributed by atoms with Gasteiger partial charge in [0.2, 0.25) is 0 Å². The molecule has 1 atom stereocenters. The zero-order valence-corrected chi connectivity index (χ0v) is 17.1. The molecule has 2 aliphatic heterocycles. The molecule has 7 heteroatoms. The lowest BCUT2D eigenvalue weighted by atomic mass is 10.2. The molecule has 0 unspecified atom stereocenters. The van der Waals surface area contributed by atoms with Gasteiger partial charge in [0.05, 0.1) is 12.1 Å². The average molecular weight is 403 g/mol. The predicted octanol–water partition coefficient (Wildman–Crippen LogP) is 4.45. The van der Waals surface area contributed by atoms with E-state index >= 15 is 0 Å². The fourth-order valence-electron chi connectivity index (χ4n) is 4.75. The Morgan fingerprint density at radius 2 is 2.00 bits per heavy atom. The van der Waals surface area contributed by atoms with Gasteiger partial charge in [-0.3, -0.25) is 0 Å². The summed E-state index contributed by atoms with van der Waals surface area (Å²) in [6.07, 6.45) is 3.32. The van der Waals surface area contributed by atoms with Gasteiger partial charge in [-0.1, -0.05) is 6.92 Å². The van der Waals surface area contributed by atoms with E-state index in [-0.39, 0.29) is 6.01 Å². The van der Waals surface area contributed by atoms with Crippen LogP contribution in [0.3, 0.4) is 0 Å². The summed E-state index contributed by atoms with van der Waals surface area (Å²) in [5.74, 6) is 2.60. The summed E-state index contributed by atoms with van der Waals surface area (Å²) < 4.78 is 14.0. The molecule has 1 saturated heterocycles. The van der Waals surface area contributed by atoms with Gasteiger partial charge in [0.1, 0.15) is 22.6 Å². The molecule has 2 aromatic heterocycles. The lowest BCUT2D eigenvalue weighted by Gasteiger charge is -2.21. The number of oxazole rings is 1. The molecule has 2 N–H and O–H groups in total. The van der Waals surface area contributed by atoms with E-state index in [1.165, 1.54) is 12.1 Å². The van der Waals surface area contributed by atoms with Gasteiger partial charge >= 0.3 is 0 Å². The summed E-state index contributed by atoms with van der Waals surface area (Å²) in [7, 11) is 0. The van der Waals surface area contributed by atoms with Crippen LogP contribution >= 0.6 is 0 Å². The summed E-state index contributed by atoms with van der Waals surface area (Å²) in [4.78, 5) is 11.8. The first-order chi connectivity index (χ1) is 14.7. The number of aromatic nitrogens is 3. The van der Waals surface area contributed by atoms with E-state index in [4.69, 9.17) is 19.9 Å². The molecule has 0 aliphatic carbocycles. The van der Waals surface area contributed by atoms with E-state index in [1.54, 1.807) is 0 Å². The Bertz CT molecular complexity index is 1260. The molecule has 4 aromatic rings. The summed E-state index contributed by atoms with van der Waals surface area (Å²) in [5.41, 5.74) is 11.5. The van der Waals surface area contributed by atoms with Crippen LogP contribution < -0.4 is 15.4 Å². The van der Waals surface area contributed by atoms with Crippen LogP contribution in [-0.4, -0.2) is 34.2 Å². The molecule has 2 aromatic carbocycles. The van der Waals surface area contributed by atoms with Gasteiger partial charge in [-0.25, -0.2) is 4.98 Å². The molecule has 0 spiro atoms. The Balaban J connectivity index is 1.54. The van der Waals surface area contributed by atoms with E-state index in [0.29, 0.717) is 5.58 Å². The van der Waals surface area contributed by atoms with Gasteiger partial charge in [-0.15, -0.1) is 0 Å². The molecule has 2 aliphatic rings. The molecule has 7 nitrogen and oxygen atoms in total. The van der Waals surface area contributed by atoms with Gasteiger partial charge in [0, 0.05) is 37.0 Å². The Morgan fingerprint density at radius 1 is 1.07 bits per heavy atom. The first-order valence-corrected chi connectivity index (χ1v) is 10.7. The fourth-order valence-corrected chi connectivity index (χ4v) is 4.75. The molecule has 4 heterocycles. The molecule has 1 fully saturated rings. The average Bonchev–Trinajstić information content (AvgIpc) is 3.40. The van der Waals surface area contributed by atoms with Crippen molar-refractivity contribution in [3.8, 4) is 17.1 Å². The van der Waals surface area contributed by atoms with Gasteiger partial charge in [0.25, 0.3) is 6.01 Å². The fraction of sp³-hybridized carbons (Fsp3) is 0.391. The van der Waals surface area contributed by atoms with Crippen LogP contribution in [0.2, 0.25) is 0 Å². The van der Waals surface area contributed by atoms with E-state index in [2.05, 4.69) is 33.5 Å². The predicted molar refractivity (Wildman–Crippen MR) is 118 cm³/mol. The summed E-state index contributed by atoms with van der Waals surface area (Å²) in [6.45, 7) is 6.15. The molecular weight excluding hydrogens is 378 g/mol. The SMILES string of the molecule is C[C@H]1CCN(c2cc3c4c(c2)nc(-c2ccc5oc(N)nc5c2)n4CCCCO3)C1. The summed E-state index contributed by atoms with van der Waals surface area (Å²) in [6, 6.07) is 10.6. The molecular formula is C23H25N5O2. The normalized spacial score (nSPS) is 19.2. The molecule has 0 amide bonds. The first-order valence-electron chi connectivity index (χ1n) is 10.7. The van der Waals surface area contributed by atoms with Crippen LogP contribution in [0, 0.1) is 5.92 Å². The highest BCUT2D eigenvalue weighted by Gasteiger charge is 2.24. The van der Waals surface area contributed by atoms with Crippen LogP contribution in [0.15, 0.2) is 34.7 Å². The highest BCUT2D eigenvalue weighted by Crippen LogP contribution is 2.38. The van der Waals surface area contributed by atoms with Gasteiger partial charge < -0.3 is 24.4 Å². The Hall–Kier alpha value is -3.22. The number of benzene rings is 2. The third-order valence-corrected chi connectivity index (χ3v) is 6.28. The van der Waals surface area contributed by atoms with Crippen molar-refractivity contribution in [2.24, 2.45) is 5.92 Å². The van der Waals surface area contributed by atoms with Crippen molar-refractivity contribution in [2.45, 2.75) is 32.7 Å². The van der Waals surface area contributed by atoms with Gasteiger partial charge in [-0.05, 0) is 49.4 Å². The zero-order valence-electron chi connectivity index (χ0n) is 17.1. The number of nitrogen functional groups attached to an aromatic ring is 1. The van der Waals surface area contributed by atoms with Crippen LogP contribution in [0.5, 0.6) is 5.75 Å². The van der Waals surface area contributed by atoms with Crippen molar-refractivity contribution >= 4 is 33.8 Å². The minimum absolute atomic E-state index is 0.185. The van der Waals surface area contributed by atoms with E-state index < -0.39 is 0 Å². The number of anilines is 2. The minimum Gasteiger partial charge on any atom is -0.491 e. The summed E-state index contributed by atoms with van der Waals surface area (Å²) in [5, 5.41) is 0. The van der Waals surface area contributed by atoms with Crippen molar-refractivity contribution in [2.75, 3.05) is 30.3 Å². The number of ether oxygens (including phenoxy) is 1. The standard InChI is InChI=1S/C23H25N5O2/c1-14-6-8-27(13-14)16-11-18-21-20(12-16)29-9-3-2-7-28(21)22(25-18)15-4-5-19-17(10-15)26-23(24)30-19/h4-5,10-12,14H,2-3,6-9,13H2,1H3,(H2,24,26)/t14-/m0/s1. The van der Waals surface area contributed by atoms with Crippen molar-refractivity contribution in [1.82, 2.24) is 14.5 Å². The highest BCUT2D eigenvalue weighted by atomic mass is 16.5. The molecule has 0 saturated carbocycles. The van der Waals surface area contributed by atoms with E-state index in [9.17, 15) is 0 Å². The van der Waals surface area contributed by atoms with Crippen molar-refractivity contribution in [3.05, 3.63) is 30.3 Å². The highest BCUT2D eigenvalue weighted by molar-refractivity contribution is 5.90.